The smallest absolute Gasteiger partial charge is 0.0619 e. The average molecular weight is 262 g/mol. The van der Waals surface area contributed by atoms with Crippen molar-refractivity contribution in [3.8, 4) is 0 Å². The van der Waals surface area contributed by atoms with E-state index in [9.17, 15) is 0 Å². The van der Waals surface area contributed by atoms with Gasteiger partial charge in [0, 0.05) is 25.2 Å². The lowest BCUT2D eigenvalue weighted by molar-refractivity contribution is -0.00416. The summed E-state index contributed by atoms with van der Waals surface area (Å²) < 4.78 is 5.51. The number of hydrogen-bond acceptors (Lipinski definition) is 3. The Balaban J connectivity index is 2.08. The number of benzene rings is 1. The maximum atomic E-state index is 5.51. The van der Waals surface area contributed by atoms with E-state index in [1.54, 1.807) is 0 Å². The first-order chi connectivity index (χ1) is 9.11. The van der Waals surface area contributed by atoms with Gasteiger partial charge in [-0.25, -0.2) is 0 Å². The van der Waals surface area contributed by atoms with Crippen LogP contribution in [0.1, 0.15) is 29.7 Å². The van der Waals surface area contributed by atoms with Crippen LogP contribution in [-0.2, 0) is 4.74 Å². The zero-order valence-corrected chi connectivity index (χ0v) is 12.6. The Morgan fingerprint density at radius 3 is 2.79 bits per heavy atom. The maximum Gasteiger partial charge on any atom is 0.0619 e. The van der Waals surface area contributed by atoms with Crippen molar-refractivity contribution in [2.75, 3.05) is 33.4 Å². The Bertz CT molecular complexity index is 419. The molecule has 0 amide bonds. The van der Waals surface area contributed by atoms with Crippen molar-refractivity contribution in [1.29, 1.82) is 0 Å². The van der Waals surface area contributed by atoms with Gasteiger partial charge in [-0.05, 0) is 44.5 Å². The molecule has 1 N–H and O–H groups in total. The number of ether oxygens (including phenoxy) is 1. The third-order valence-corrected chi connectivity index (χ3v) is 4.20. The number of likely N-dealkylation sites (N-methyl/N-ethyl adjacent to an activating group) is 1. The second kappa shape index (κ2) is 6.51. The first-order valence-corrected chi connectivity index (χ1v) is 7.18. The number of aryl methyl sites for hydroxylation is 2. The molecule has 1 fully saturated rings. The molecule has 1 aromatic carbocycles. The van der Waals surface area contributed by atoms with Crippen molar-refractivity contribution in [2.24, 2.45) is 0 Å². The Morgan fingerprint density at radius 1 is 1.37 bits per heavy atom. The van der Waals surface area contributed by atoms with E-state index in [1.165, 1.54) is 16.7 Å². The van der Waals surface area contributed by atoms with Crippen molar-refractivity contribution in [2.45, 2.75) is 32.9 Å². The minimum absolute atomic E-state index is 0.389. The molecule has 0 bridgehead atoms. The molecule has 0 aromatic heterocycles. The molecule has 1 aliphatic heterocycles. The molecule has 2 atom stereocenters. The van der Waals surface area contributed by atoms with Gasteiger partial charge in [0.05, 0.1) is 13.2 Å². The fourth-order valence-electron chi connectivity index (χ4n) is 2.61. The second-order valence-corrected chi connectivity index (χ2v) is 5.60. The van der Waals surface area contributed by atoms with Crippen LogP contribution >= 0.6 is 0 Å². The van der Waals surface area contributed by atoms with Crippen molar-refractivity contribution < 1.29 is 4.74 Å². The van der Waals surface area contributed by atoms with Crippen molar-refractivity contribution in [1.82, 2.24) is 10.2 Å². The fourth-order valence-corrected chi connectivity index (χ4v) is 2.61. The van der Waals surface area contributed by atoms with Crippen LogP contribution in [0.4, 0.5) is 0 Å². The Hall–Kier alpha value is -0.900. The van der Waals surface area contributed by atoms with Crippen LogP contribution in [0.5, 0.6) is 0 Å². The summed E-state index contributed by atoms with van der Waals surface area (Å²) in [4.78, 5) is 2.51. The second-order valence-electron chi connectivity index (χ2n) is 5.60. The van der Waals surface area contributed by atoms with Gasteiger partial charge in [0.15, 0.2) is 0 Å². The van der Waals surface area contributed by atoms with Crippen LogP contribution in [0.25, 0.3) is 0 Å². The standard InChI is InChI=1S/C16H26N2O/c1-12-5-6-15(9-13(12)2)16(17-4)10-18-7-8-19-11-14(18)3/h5-6,9,14,16-17H,7-8,10-11H2,1-4H3. The monoisotopic (exact) mass is 262 g/mol. The summed E-state index contributed by atoms with van der Waals surface area (Å²) >= 11 is 0. The average Bonchev–Trinajstić information content (AvgIpc) is 2.41. The summed E-state index contributed by atoms with van der Waals surface area (Å²) in [6.45, 7) is 10.4. The zero-order valence-electron chi connectivity index (χ0n) is 12.6. The predicted octanol–water partition coefficient (Wildman–Crippen LogP) is 2.28. The fraction of sp³-hybridized carbons (Fsp3) is 0.625. The SMILES string of the molecule is CNC(CN1CCOCC1C)c1ccc(C)c(C)c1. The van der Waals surface area contributed by atoms with E-state index in [2.05, 4.69) is 49.2 Å². The molecule has 0 aliphatic carbocycles. The highest BCUT2D eigenvalue weighted by Crippen LogP contribution is 2.19. The first-order valence-electron chi connectivity index (χ1n) is 7.18. The Labute approximate surface area is 116 Å². The molecule has 3 nitrogen and oxygen atoms in total. The van der Waals surface area contributed by atoms with Crippen LogP contribution in [0.3, 0.4) is 0 Å². The topological polar surface area (TPSA) is 24.5 Å². The van der Waals surface area contributed by atoms with Crippen LogP contribution in [-0.4, -0.2) is 44.3 Å². The van der Waals surface area contributed by atoms with Crippen molar-refractivity contribution in [3.05, 3.63) is 34.9 Å². The van der Waals surface area contributed by atoms with E-state index in [4.69, 9.17) is 4.74 Å². The van der Waals surface area contributed by atoms with E-state index in [-0.39, 0.29) is 0 Å². The number of rotatable bonds is 4. The lowest BCUT2D eigenvalue weighted by atomic mass is 10.00. The van der Waals surface area contributed by atoms with Crippen LogP contribution in [0.2, 0.25) is 0 Å². The molecule has 2 rings (SSSR count). The van der Waals surface area contributed by atoms with Gasteiger partial charge in [-0.15, -0.1) is 0 Å². The normalized spacial score (nSPS) is 22.4. The predicted molar refractivity (Wildman–Crippen MR) is 79.6 cm³/mol. The third kappa shape index (κ3) is 3.56. The summed E-state index contributed by atoms with van der Waals surface area (Å²) in [5.74, 6) is 0. The van der Waals surface area contributed by atoms with Gasteiger partial charge >= 0.3 is 0 Å². The third-order valence-electron chi connectivity index (χ3n) is 4.20. The highest BCUT2D eigenvalue weighted by atomic mass is 16.5. The van der Waals surface area contributed by atoms with Crippen LogP contribution in [0.15, 0.2) is 18.2 Å². The molecule has 19 heavy (non-hydrogen) atoms. The van der Waals surface area contributed by atoms with Crippen molar-refractivity contribution >= 4 is 0 Å². The molecular weight excluding hydrogens is 236 g/mol. The highest BCUT2D eigenvalue weighted by molar-refractivity contribution is 5.31. The molecule has 1 aliphatic rings. The molecule has 0 saturated carbocycles. The van der Waals surface area contributed by atoms with Gasteiger partial charge in [-0.2, -0.15) is 0 Å². The van der Waals surface area contributed by atoms with Gasteiger partial charge < -0.3 is 10.1 Å². The molecular formula is C16H26N2O. The molecule has 1 saturated heterocycles. The van der Waals surface area contributed by atoms with Gasteiger partial charge in [-0.3, -0.25) is 4.90 Å². The Morgan fingerprint density at radius 2 is 2.16 bits per heavy atom. The van der Waals surface area contributed by atoms with E-state index in [1.807, 2.05) is 7.05 Å². The van der Waals surface area contributed by atoms with Gasteiger partial charge in [0.2, 0.25) is 0 Å². The number of morpholine rings is 1. The maximum absolute atomic E-state index is 5.51. The van der Waals surface area contributed by atoms with Crippen LogP contribution < -0.4 is 5.32 Å². The van der Waals surface area contributed by atoms with E-state index in [0.717, 1.165) is 26.3 Å². The lowest BCUT2D eigenvalue weighted by Gasteiger charge is -2.36. The summed E-state index contributed by atoms with van der Waals surface area (Å²) in [6.07, 6.45) is 0. The molecule has 3 heteroatoms. The number of nitrogens with zero attached hydrogens (tertiary/aromatic N) is 1. The molecule has 0 radical (unpaired) electrons. The quantitative estimate of drug-likeness (QED) is 0.901. The van der Waals surface area contributed by atoms with E-state index in [0.29, 0.717) is 12.1 Å². The highest BCUT2D eigenvalue weighted by Gasteiger charge is 2.22. The molecule has 1 heterocycles. The minimum atomic E-state index is 0.389. The largest absolute Gasteiger partial charge is 0.379 e. The summed E-state index contributed by atoms with van der Waals surface area (Å²) in [6, 6.07) is 7.67. The molecule has 2 unspecified atom stereocenters. The van der Waals surface area contributed by atoms with Gasteiger partial charge in [-0.1, -0.05) is 18.2 Å². The van der Waals surface area contributed by atoms with Crippen molar-refractivity contribution in [3.63, 3.8) is 0 Å². The Kier molecular flexibility index (Phi) is 4.97. The summed E-state index contributed by atoms with van der Waals surface area (Å²) in [5, 5.41) is 3.45. The number of hydrogen-bond donors (Lipinski definition) is 1. The zero-order chi connectivity index (χ0) is 13.8. The van der Waals surface area contributed by atoms with E-state index >= 15 is 0 Å². The van der Waals surface area contributed by atoms with Gasteiger partial charge in [0.1, 0.15) is 0 Å². The van der Waals surface area contributed by atoms with Crippen LogP contribution in [0, 0.1) is 13.8 Å². The molecule has 106 valence electrons. The molecule has 1 aromatic rings. The minimum Gasteiger partial charge on any atom is -0.379 e. The summed E-state index contributed by atoms with van der Waals surface area (Å²) in [5.41, 5.74) is 4.11. The lowest BCUT2D eigenvalue weighted by Crippen LogP contribution is -2.46. The van der Waals surface area contributed by atoms with E-state index < -0.39 is 0 Å². The number of nitrogens with one attached hydrogen (secondary N) is 1. The van der Waals surface area contributed by atoms with Gasteiger partial charge in [0.25, 0.3) is 0 Å². The summed E-state index contributed by atoms with van der Waals surface area (Å²) in [7, 11) is 2.05. The molecule has 0 spiro atoms. The first kappa shape index (κ1) is 14.5.